The minimum absolute atomic E-state index is 0.0191. The molecule has 11 nitrogen and oxygen atoms in total. The molecule has 11 heteroatoms. The Kier molecular flexibility index (Phi) is 12.7. The SMILES string of the molecule is CCC1OC(=O)C(C)C(OC2CC(C)(OC)C(C)C(C)O2)C(C)C(OC2OC(C)CC(N(C)C)C2C)C2(C)CC(C)=C(O2)C(C)C(=O)C1(C)O. The minimum Gasteiger partial charge on any atom is -0.488 e. The van der Waals surface area contributed by atoms with E-state index in [4.69, 9.17) is 33.2 Å². The standard InChI is InChI=1S/C39H67NO10/c1-16-29-39(12,43)33(41)23(5)31-20(2)18-38(11,50-31)34(49-36-22(4)28(40(13)14)17-21(3)45-36)24(6)32(25(7)35(42)47-29)48-30-19-37(10,44-15)26(8)27(9)46-30/h21-30,32,34,36,43H,16-19H2,1-15H3. The highest BCUT2D eigenvalue weighted by molar-refractivity contribution is 5.91. The summed E-state index contributed by atoms with van der Waals surface area (Å²) < 4.78 is 45.9. The molecule has 0 aromatic heterocycles. The number of aliphatic hydroxyl groups is 1. The summed E-state index contributed by atoms with van der Waals surface area (Å²) >= 11 is 0. The van der Waals surface area contributed by atoms with Crippen molar-refractivity contribution in [3.8, 4) is 0 Å². The molecular weight excluding hydrogens is 642 g/mol. The molecule has 0 radical (unpaired) electrons. The number of cyclic esters (lactones) is 1. The van der Waals surface area contributed by atoms with Crippen molar-refractivity contribution >= 4 is 11.8 Å². The number of hydrogen-bond donors (Lipinski definition) is 1. The molecule has 288 valence electrons. The van der Waals surface area contributed by atoms with Crippen LogP contribution in [0, 0.1) is 29.6 Å². The van der Waals surface area contributed by atoms with Crippen LogP contribution in [0.5, 0.6) is 0 Å². The maximum atomic E-state index is 14.2. The van der Waals surface area contributed by atoms with E-state index in [1.807, 2.05) is 27.7 Å². The van der Waals surface area contributed by atoms with Gasteiger partial charge in [-0.2, -0.15) is 0 Å². The van der Waals surface area contributed by atoms with Crippen LogP contribution in [0.1, 0.15) is 109 Å². The Morgan fingerprint density at radius 3 is 2.18 bits per heavy atom. The van der Waals surface area contributed by atoms with Crippen LogP contribution in [0.3, 0.4) is 0 Å². The lowest BCUT2D eigenvalue weighted by molar-refractivity contribution is -0.305. The van der Waals surface area contributed by atoms with E-state index in [1.165, 1.54) is 6.92 Å². The highest BCUT2D eigenvalue weighted by Crippen LogP contribution is 2.47. The predicted molar refractivity (Wildman–Crippen MR) is 189 cm³/mol. The molecule has 0 aromatic carbocycles. The fourth-order valence-corrected chi connectivity index (χ4v) is 9.06. The average Bonchev–Trinajstić information content (AvgIpc) is 3.37. The number of ketones is 1. The number of fused-ring (bicyclic) bond motifs is 2. The largest absolute Gasteiger partial charge is 0.488 e. The van der Waals surface area contributed by atoms with Gasteiger partial charge in [0.2, 0.25) is 0 Å². The number of carbonyl (C=O) groups excluding carboxylic acids is 2. The molecule has 3 fully saturated rings. The van der Waals surface area contributed by atoms with Gasteiger partial charge in [-0.3, -0.25) is 9.59 Å². The zero-order chi connectivity index (χ0) is 37.7. The van der Waals surface area contributed by atoms with Gasteiger partial charge in [-0.15, -0.1) is 0 Å². The number of Topliss-reactive ketones (excluding diaryl/α,β-unsaturated/α-hetero) is 1. The van der Waals surface area contributed by atoms with Gasteiger partial charge in [0.05, 0.1) is 35.7 Å². The van der Waals surface area contributed by atoms with Crippen LogP contribution in [-0.2, 0) is 42.7 Å². The lowest BCUT2D eigenvalue weighted by Crippen LogP contribution is -2.58. The highest BCUT2D eigenvalue weighted by atomic mass is 16.7. The van der Waals surface area contributed by atoms with Gasteiger partial charge < -0.3 is 43.2 Å². The molecule has 0 amide bonds. The minimum atomic E-state index is -1.95. The van der Waals surface area contributed by atoms with Gasteiger partial charge in [-0.1, -0.05) is 27.7 Å². The van der Waals surface area contributed by atoms with Crippen LogP contribution >= 0.6 is 0 Å². The van der Waals surface area contributed by atoms with Crippen molar-refractivity contribution in [2.75, 3.05) is 21.2 Å². The van der Waals surface area contributed by atoms with Crippen LogP contribution in [0.15, 0.2) is 11.3 Å². The number of rotatable bonds is 7. The zero-order valence-corrected chi connectivity index (χ0v) is 33.4. The van der Waals surface area contributed by atoms with Crippen molar-refractivity contribution in [3.63, 3.8) is 0 Å². The fourth-order valence-electron chi connectivity index (χ4n) is 9.06. The summed E-state index contributed by atoms with van der Waals surface area (Å²) in [6.45, 7) is 23.1. The molecule has 0 aromatic rings. The molecule has 2 bridgehead atoms. The van der Waals surface area contributed by atoms with Crippen LogP contribution in [0.2, 0.25) is 0 Å². The van der Waals surface area contributed by atoms with E-state index in [2.05, 4.69) is 46.7 Å². The van der Waals surface area contributed by atoms with Gasteiger partial charge in [-0.25, -0.2) is 0 Å². The molecule has 0 spiro atoms. The number of hydrogen-bond acceptors (Lipinski definition) is 11. The van der Waals surface area contributed by atoms with Crippen molar-refractivity contribution in [1.29, 1.82) is 0 Å². The predicted octanol–water partition coefficient (Wildman–Crippen LogP) is 5.65. The normalized spacial score (nSPS) is 48.1. The lowest BCUT2D eigenvalue weighted by Gasteiger charge is -2.49. The zero-order valence-electron chi connectivity index (χ0n) is 33.4. The molecule has 4 aliphatic heterocycles. The quantitative estimate of drug-likeness (QED) is 0.330. The van der Waals surface area contributed by atoms with E-state index in [-0.39, 0.29) is 36.5 Å². The second-order valence-corrected chi connectivity index (χ2v) is 16.8. The van der Waals surface area contributed by atoms with Crippen molar-refractivity contribution in [3.05, 3.63) is 11.3 Å². The van der Waals surface area contributed by atoms with Crippen molar-refractivity contribution in [2.24, 2.45) is 29.6 Å². The summed E-state index contributed by atoms with van der Waals surface area (Å²) in [7, 11) is 5.86. The molecule has 4 heterocycles. The first-order valence-corrected chi connectivity index (χ1v) is 18.8. The van der Waals surface area contributed by atoms with Gasteiger partial charge in [-0.05, 0) is 87.9 Å². The van der Waals surface area contributed by atoms with Gasteiger partial charge in [0.25, 0.3) is 0 Å². The molecule has 50 heavy (non-hydrogen) atoms. The van der Waals surface area contributed by atoms with Crippen LogP contribution in [0.25, 0.3) is 0 Å². The third-order valence-electron chi connectivity index (χ3n) is 12.7. The van der Waals surface area contributed by atoms with E-state index in [0.717, 1.165) is 12.0 Å². The van der Waals surface area contributed by atoms with E-state index in [9.17, 15) is 14.7 Å². The molecule has 16 atom stereocenters. The third kappa shape index (κ3) is 7.85. The van der Waals surface area contributed by atoms with Crippen LogP contribution < -0.4 is 0 Å². The number of nitrogens with zero attached hydrogens (tertiary/aromatic N) is 1. The molecule has 4 aliphatic rings. The Morgan fingerprint density at radius 2 is 1.60 bits per heavy atom. The summed E-state index contributed by atoms with van der Waals surface area (Å²) in [5.41, 5.74) is -2.53. The summed E-state index contributed by atoms with van der Waals surface area (Å²) in [6.07, 6.45) is -1.95. The van der Waals surface area contributed by atoms with Crippen molar-refractivity contribution in [2.45, 2.75) is 175 Å². The van der Waals surface area contributed by atoms with Crippen molar-refractivity contribution < 1.29 is 47.9 Å². The Hall–Kier alpha value is -1.60. The number of carbonyl (C=O) groups is 2. The second kappa shape index (κ2) is 15.4. The van der Waals surface area contributed by atoms with Gasteiger partial charge in [0.1, 0.15) is 23.6 Å². The van der Waals surface area contributed by atoms with E-state index < -0.39 is 77.2 Å². The van der Waals surface area contributed by atoms with E-state index >= 15 is 0 Å². The molecule has 16 unspecified atom stereocenters. The highest BCUT2D eigenvalue weighted by Gasteiger charge is 2.55. The Labute approximate surface area is 301 Å². The molecule has 3 saturated heterocycles. The van der Waals surface area contributed by atoms with E-state index in [1.54, 1.807) is 27.9 Å². The van der Waals surface area contributed by atoms with Crippen LogP contribution in [-0.4, -0.2) is 109 Å². The number of allylic oxidation sites excluding steroid dienone is 1. The Balaban J connectivity index is 1.84. The first kappa shape index (κ1) is 41.2. The monoisotopic (exact) mass is 709 g/mol. The van der Waals surface area contributed by atoms with Crippen molar-refractivity contribution in [1.82, 2.24) is 4.90 Å². The first-order chi connectivity index (χ1) is 23.1. The molecule has 1 N–H and O–H groups in total. The number of ether oxygens (including phenoxy) is 7. The fraction of sp³-hybridized carbons (Fsp3) is 0.897. The maximum absolute atomic E-state index is 14.2. The summed E-state index contributed by atoms with van der Waals surface area (Å²) in [4.78, 5) is 30.4. The Bertz CT molecular complexity index is 1250. The lowest BCUT2D eigenvalue weighted by atomic mass is 9.78. The molecule has 4 rings (SSSR count). The maximum Gasteiger partial charge on any atom is 0.311 e. The summed E-state index contributed by atoms with van der Waals surface area (Å²) in [5.74, 6) is -2.49. The number of methoxy groups -OCH3 is 1. The number of esters is 1. The second-order valence-electron chi connectivity index (χ2n) is 16.8. The topological polar surface area (TPSA) is 122 Å². The smallest absolute Gasteiger partial charge is 0.311 e. The van der Waals surface area contributed by atoms with Gasteiger partial charge in [0.15, 0.2) is 24.0 Å². The Morgan fingerprint density at radius 1 is 0.960 bits per heavy atom. The summed E-state index contributed by atoms with van der Waals surface area (Å²) in [6, 6.07) is 0.221. The van der Waals surface area contributed by atoms with E-state index in [0.29, 0.717) is 18.6 Å². The first-order valence-electron chi connectivity index (χ1n) is 18.8. The van der Waals surface area contributed by atoms with Crippen LogP contribution in [0.4, 0.5) is 0 Å². The molecule has 0 aliphatic carbocycles. The summed E-state index contributed by atoms with van der Waals surface area (Å²) in [5, 5.41) is 11.7. The third-order valence-corrected chi connectivity index (χ3v) is 12.7. The van der Waals surface area contributed by atoms with Gasteiger partial charge >= 0.3 is 5.97 Å². The van der Waals surface area contributed by atoms with Gasteiger partial charge in [0, 0.05) is 43.7 Å². The average molecular weight is 710 g/mol. The molecular formula is C39H67NO10. The molecule has 0 saturated carbocycles.